The van der Waals surface area contributed by atoms with Crippen LogP contribution >= 0.6 is 0 Å². The number of hydrogen-bond acceptors (Lipinski definition) is 12. The Balaban J connectivity index is 0.974. The second-order valence-corrected chi connectivity index (χ2v) is 12.6. The largest absolute Gasteiger partial charge is 0.513 e. The molecule has 0 heterocycles. The van der Waals surface area contributed by atoms with Gasteiger partial charge in [0.25, 0.3) is 5.69 Å². The third-order valence-electron chi connectivity index (χ3n) is 8.61. The summed E-state index contributed by atoms with van der Waals surface area (Å²) in [6, 6.07) is 28.3. The van der Waals surface area contributed by atoms with Gasteiger partial charge in [-0.2, -0.15) is 0 Å². The van der Waals surface area contributed by atoms with E-state index >= 15 is 0 Å². The van der Waals surface area contributed by atoms with Crippen molar-refractivity contribution in [2.75, 3.05) is 46.2 Å². The van der Waals surface area contributed by atoms with Gasteiger partial charge in [0.15, 0.2) is 0 Å². The molecule has 5 N–H and O–H groups in total. The van der Waals surface area contributed by atoms with Crippen molar-refractivity contribution in [2.45, 2.75) is 18.4 Å². The lowest BCUT2D eigenvalue weighted by molar-refractivity contribution is -0.384. The van der Waals surface area contributed by atoms with Crippen LogP contribution in [0.1, 0.15) is 22.6 Å². The summed E-state index contributed by atoms with van der Waals surface area (Å²) in [5, 5.41) is 22.9. The Kier molecular flexibility index (Phi) is 15.2. The van der Waals surface area contributed by atoms with Crippen molar-refractivity contribution in [2.24, 2.45) is 0 Å². The standard InChI is InChI=1S/C40H40N6O12/c47-35(22-43-39(51)57-24-33-31-12-6-4-10-29(31)30-11-5-7-13-32(30)33)41-23-37(49)45-34(20-26-8-2-1-3-9-26)38(50)42-21-36(48)44-25-55-18-19-56-40(52)58-28-16-14-27(15-17-28)46(53)54/h1-17,33-34H,18-25H2,(H,41,47)(H,42,50)(H,43,51)(H,44,48)(H,45,49)/t34-/m0/s1. The predicted octanol–water partition coefficient (Wildman–Crippen LogP) is 2.70. The molecule has 0 unspecified atom stereocenters. The number of ether oxygens (including phenoxy) is 4. The molecular weight excluding hydrogens is 756 g/mol. The van der Waals surface area contributed by atoms with E-state index in [-0.39, 0.29) is 50.3 Å². The molecule has 0 radical (unpaired) electrons. The van der Waals surface area contributed by atoms with Crippen LogP contribution in [-0.2, 0) is 39.8 Å². The number of benzene rings is 4. The first-order chi connectivity index (χ1) is 28.1. The van der Waals surface area contributed by atoms with Crippen LogP contribution < -0.4 is 31.3 Å². The number of nitrogens with one attached hydrogen (secondary N) is 5. The number of carbonyl (C=O) groups excluding carboxylic acids is 6. The maximum atomic E-state index is 13.1. The third-order valence-corrected chi connectivity index (χ3v) is 8.61. The van der Waals surface area contributed by atoms with Gasteiger partial charge in [0.1, 0.15) is 38.3 Å². The fourth-order valence-corrected chi connectivity index (χ4v) is 5.85. The number of hydrogen-bond donors (Lipinski definition) is 5. The molecule has 1 aliphatic carbocycles. The molecule has 5 rings (SSSR count). The maximum Gasteiger partial charge on any atom is 0.513 e. The van der Waals surface area contributed by atoms with E-state index in [9.17, 15) is 38.9 Å². The molecular formula is C40H40N6O12. The maximum absolute atomic E-state index is 13.1. The summed E-state index contributed by atoms with van der Waals surface area (Å²) in [7, 11) is 0. The average molecular weight is 797 g/mol. The first kappa shape index (κ1) is 41.8. The summed E-state index contributed by atoms with van der Waals surface area (Å²) in [6.07, 6.45) is -1.79. The molecule has 4 aromatic carbocycles. The Morgan fingerprint density at radius 1 is 0.655 bits per heavy atom. The van der Waals surface area contributed by atoms with Gasteiger partial charge in [0.05, 0.1) is 24.6 Å². The number of non-ortho nitro benzene ring substituents is 1. The first-order valence-corrected chi connectivity index (χ1v) is 18.0. The fourth-order valence-electron chi connectivity index (χ4n) is 5.85. The molecule has 0 bridgehead atoms. The molecule has 5 amide bonds. The molecule has 0 saturated heterocycles. The van der Waals surface area contributed by atoms with Gasteiger partial charge in [-0.15, -0.1) is 0 Å². The SMILES string of the molecule is O=C(CNC(=O)OCC1c2ccccc2-c2ccccc21)NCC(=O)N[C@@H](Cc1ccccc1)C(=O)NCC(=O)NCOCCOC(=O)Oc1ccc([N+](=O)[O-])cc1. The van der Waals surface area contributed by atoms with Crippen molar-refractivity contribution < 1.29 is 52.6 Å². The van der Waals surface area contributed by atoms with Gasteiger partial charge < -0.3 is 45.5 Å². The zero-order chi connectivity index (χ0) is 41.3. The van der Waals surface area contributed by atoms with E-state index < -0.39 is 66.5 Å². The molecule has 1 aliphatic rings. The molecule has 0 spiro atoms. The molecule has 0 saturated carbocycles. The highest BCUT2D eigenvalue weighted by Gasteiger charge is 2.29. The highest BCUT2D eigenvalue weighted by molar-refractivity contribution is 5.92. The van der Waals surface area contributed by atoms with Crippen LogP contribution in [0.5, 0.6) is 5.75 Å². The number of nitro groups is 1. The van der Waals surface area contributed by atoms with Crippen molar-refractivity contribution in [3.8, 4) is 16.9 Å². The predicted molar refractivity (Wildman–Crippen MR) is 205 cm³/mol. The van der Waals surface area contributed by atoms with Crippen LogP contribution in [-0.4, -0.2) is 93.0 Å². The third kappa shape index (κ3) is 12.6. The van der Waals surface area contributed by atoms with Crippen LogP contribution in [0.3, 0.4) is 0 Å². The fraction of sp³-hybridized carbons (Fsp3) is 0.250. The Morgan fingerprint density at radius 3 is 1.93 bits per heavy atom. The monoisotopic (exact) mass is 796 g/mol. The Hall–Kier alpha value is -7.34. The highest BCUT2D eigenvalue weighted by Crippen LogP contribution is 2.44. The molecule has 0 fully saturated rings. The van der Waals surface area contributed by atoms with Gasteiger partial charge >= 0.3 is 12.2 Å². The van der Waals surface area contributed by atoms with E-state index in [1.807, 2.05) is 48.5 Å². The summed E-state index contributed by atoms with van der Waals surface area (Å²) >= 11 is 0. The quantitative estimate of drug-likeness (QED) is 0.0230. The number of alkyl carbamates (subject to hydrolysis) is 1. The molecule has 302 valence electrons. The summed E-state index contributed by atoms with van der Waals surface area (Å²) in [5.41, 5.74) is 4.79. The van der Waals surface area contributed by atoms with Crippen LogP contribution in [0, 0.1) is 10.1 Å². The molecule has 4 aromatic rings. The lowest BCUT2D eigenvalue weighted by atomic mass is 9.98. The topological polar surface area (TPSA) is 243 Å². The molecule has 18 heteroatoms. The van der Waals surface area contributed by atoms with Crippen LogP contribution in [0.15, 0.2) is 103 Å². The van der Waals surface area contributed by atoms with E-state index in [0.717, 1.165) is 39.9 Å². The normalized spacial score (nSPS) is 11.8. The Labute approximate surface area is 331 Å². The summed E-state index contributed by atoms with van der Waals surface area (Å²) in [5.74, 6) is -2.76. The summed E-state index contributed by atoms with van der Waals surface area (Å²) in [6.45, 7) is -1.98. The second kappa shape index (κ2) is 21.1. The minimum absolute atomic E-state index is 0.0426. The number of fused-ring (bicyclic) bond motifs is 3. The molecule has 1 atom stereocenters. The van der Waals surface area contributed by atoms with Gasteiger partial charge in [-0.25, -0.2) is 9.59 Å². The van der Waals surface area contributed by atoms with Crippen molar-refractivity contribution in [3.63, 3.8) is 0 Å². The number of carbonyl (C=O) groups is 6. The number of nitrogens with zero attached hydrogens (tertiary/aromatic N) is 1. The number of amides is 5. The van der Waals surface area contributed by atoms with E-state index in [4.69, 9.17) is 18.9 Å². The number of rotatable bonds is 19. The summed E-state index contributed by atoms with van der Waals surface area (Å²) < 4.78 is 20.4. The molecule has 18 nitrogen and oxygen atoms in total. The first-order valence-electron chi connectivity index (χ1n) is 18.0. The lowest BCUT2D eigenvalue weighted by Crippen LogP contribution is -2.52. The van der Waals surface area contributed by atoms with E-state index in [0.29, 0.717) is 0 Å². The van der Waals surface area contributed by atoms with Gasteiger partial charge in [0, 0.05) is 24.5 Å². The molecule has 58 heavy (non-hydrogen) atoms. The van der Waals surface area contributed by atoms with Gasteiger partial charge in [-0.05, 0) is 39.9 Å². The zero-order valence-electron chi connectivity index (χ0n) is 31.0. The van der Waals surface area contributed by atoms with Crippen molar-refractivity contribution >= 4 is 41.6 Å². The molecule has 0 aromatic heterocycles. The average Bonchev–Trinajstić information content (AvgIpc) is 3.55. The van der Waals surface area contributed by atoms with Gasteiger partial charge in [-0.1, -0.05) is 78.9 Å². The van der Waals surface area contributed by atoms with Crippen molar-refractivity contribution in [1.29, 1.82) is 0 Å². The van der Waals surface area contributed by atoms with Gasteiger partial charge in [-0.3, -0.25) is 29.3 Å². The van der Waals surface area contributed by atoms with E-state index in [2.05, 4.69) is 26.6 Å². The van der Waals surface area contributed by atoms with Crippen LogP contribution in [0.25, 0.3) is 11.1 Å². The van der Waals surface area contributed by atoms with Crippen molar-refractivity contribution in [1.82, 2.24) is 26.6 Å². The Morgan fingerprint density at radius 2 is 1.26 bits per heavy atom. The van der Waals surface area contributed by atoms with Crippen molar-refractivity contribution in [3.05, 3.63) is 130 Å². The second-order valence-electron chi connectivity index (χ2n) is 12.6. The van der Waals surface area contributed by atoms with E-state index in [1.165, 1.54) is 12.1 Å². The molecule has 0 aliphatic heterocycles. The van der Waals surface area contributed by atoms with E-state index in [1.54, 1.807) is 30.3 Å². The minimum atomic E-state index is -1.11. The minimum Gasteiger partial charge on any atom is -0.449 e. The lowest BCUT2D eigenvalue weighted by Gasteiger charge is -2.19. The van der Waals surface area contributed by atoms with Crippen LogP contribution in [0.4, 0.5) is 15.3 Å². The highest BCUT2D eigenvalue weighted by atomic mass is 16.7. The summed E-state index contributed by atoms with van der Waals surface area (Å²) in [4.78, 5) is 85.0. The smallest absolute Gasteiger partial charge is 0.449 e. The Bertz CT molecular complexity index is 2050. The zero-order valence-corrected chi connectivity index (χ0v) is 31.0. The van der Waals surface area contributed by atoms with Gasteiger partial charge in [0.2, 0.25) is 23.6 Å². The number of nitro benzene ring substituents is 1. The van der Waals surface area contributed by atoms with Crippen LogP contribution in [0.2, 0.25) is 0 Å².